The predicted octanol–water partition coefficient (Wildman–Crippen LogP) is 0.553. The van der Waals surface area contributed by atoms with Crippen LogP contribution in [0.2, 0.25) is 0 Å². The predicted molar refractivity (Wildman–Crippen MR) is 57.1 cm³/mol. The zero-order valence-electron chi connectivity index (χ0n) is 9.06. The number of nitro groups is 1. The summed E-state index contributed by atoms with van der Waals surface area (Å²) in [4.78, 5) is 21.7. The Hall–Kier alpha value is -2.18. The van der Waals surface area contributed by atoms with E-state index in [-0.39, 0.29) is 17.9 Å². The molecule has 0 spiro atoms. The third-order valence-electron chi connectivity index (χ3n) is 2.11. The van der Waals surface area contributed by atoms with E-state index in [1.807, 2.05) is 0 Å². The average Bonchev–Trinajstić information content (AvgIpc) is 2.52. The Morgan fingerprint density at radius 3 is 2.88 bits per heavy atom. The number of aromatic nitrogens is 2. The first-order valence-corrected chi connectivity index (χ1v) is 4.56. The van der Waals surface area contributed by atoms with Crippen molar-refractivity contribution in [2.24, 2.45) is 7.05 Å². The van der Waals surface area contributed by atoms with Crippen LogP contribution in [0.3, 0.4) is 0 Å². The molecule has 1 amide bonds. The number of nitrogens with zero attached hydrogens (tertiary/aromatic N) is 3. The Morgan fingerprint density at radius 1 is 1.75 bits per heavy atom. The van der Waals surface area contributed by atoms with Gasteiger partial charge in [-0.2, -0.15) is 5.10 Å². The van der Waals surface area contributed by atoms with Gasteiger partial charge in [0.1, 0.15) is 5.69 Å². The van der Waals surface area contributed by atoms with Crippen LogP contribution in [-0.2, 0) is 7.05 Å². The molecule has 1 heterocycles. The van der Waals surface area contributed by atoms with Crippen molar-refractivity contribution in [1.29, 1.82) is 0 Å². The monoisotopic (exact) mass is 224 g/mol. The number of carbonyl (C=O) groups excluding carboxylic acids is 1. The van der Waals surface area contributed by atoms with Crippen molar-refractivity contribution in [3.8, 4) is 0 Å². The molecule has 16 heavy (non-hydrogen) atoms. The van der Waals surface area contributed by atoms with Crippen molar-refractivity contribution in [3.63, 3.8) is 0 Å². The van der Waals surface area contributed by atoms with Crippen LogP contribution in [0.1, 0.15) is 16.2 Å². The second-order valence-electron chi connectivity index (χ2n) is 3.16. The van der Waals surface area contributed by atoms with E-state index in [9.17, 15) is 14.9 Å². The molecule has 0 saturated heterocycles. The molecule has 0 unspecified atom stereocenters. The normalized spacial score (nSPS) is 9.88. The highest BCUT2D eigenvalue weighted by atomic mass is 16.6. The minimum absolute atomic E-state index is 0.174. The molecule has 7 nitrogen and oxygen atoms in total. The highest BCUT2D eigenvalue weighted by Gasteiger charge is 2.28. The summed E-state index contributed by atoms with van der Waals surface area (Å²) in [5, 5.41) is 17.0. The fourth-order valence-electron chi connectivity index (χ4n) is 1.22. The van der Waals surface area contributed by atoms with Gasteiger partial charge in [-0.25, -0.2) is 0 Å². The lowest BCUT2D eigenvalue weighted by molar-refractivity contribution is -0.385. The topological polar surface area (TPSA) is 90.1 Å². The van der Waals surface area contributed by atoms with Crippen molar-refractivity contribution in [2.45, 2.75) is 6.92 Å². The van der Waals surface area contributed by atoms with Crippen molar-refractivity contribution in [2.75, 3.05) is 6.54 Å². The molecule has 86 valence electrons. The molecule has 0 aliphatic heterocycles. The van der Waals surface area contributed by atoms with E-state index in [2.05, 4.69) is 17.0 Å². The summed E-state index contributed by atoms with van der Waals surface area (Å²) in [5.41, 5.74) is -0.0929. The Labute approximate surface area is 91.9 Å². The zero-order chi connectivity index (χ0) is 12.3. The van der Waals surface area contributed by atoms with E-state index in [0.29, 0.717) is 5.69 Å². The first-order valence-electron chi connectivity index (χ1n) is 4.56. The molecule has 0 aliphatic carbocycles. The molecule has 1 aromatic rings. The Morgan fingerprint density at radius 2 is 2.38 bits per heavy atom. The fourth-order valence-corrected chi connectivity index (χ4v) is 1.22. The summed E-state index contributed by atoms with van der Waals surface area (Å²) in [6.45, 7) is 5.21. The molecule has 0 bridgehead atoms. The molecular formula is C9H12N4O3. The average molecular weight is 224 g/mol. The molecule has 7 heteroatoms. The molecule has 0 aromatic carbocycles. The summed E-state index contributed by atoms with van der Waals surface area (Å²) in [6, 6.07) is 0. The number of hydrogen-bond acceptors (Lipinski definition) is 4. The molecule has 0 aliphatic rings. The van der Waals surface area contributed by atoms with E-state index in [1.54, 1.807) is 7.05 Å². The summed E-state index contributed by atoms with van der Waals surface area (Å²) in [5.74, 6) is -0.574. The molecule has 1 rings (SSSR count). The molecular weight excluding hydrogens is 212 g/mol. The SMILES string of the molecule is C=CCNC(=O)c1nn(C)c(C)c1[N+](=O)[O-]. The molecule has 0 fully saturated rings. The van der Waals surface area contributed by atoms with E-state index in [0.717, 1.165) is 0 Å². The standard InChI is InChI=1S/C9H12N4O3/c1-4-5-10-9(14)7-8(13(15)16)6(2)12(3)11-7/h4H,1,5H2,2-3H3,(H,10,14). The second-order valence-corrected chi connectivity index (χ2v) is 3.16. The highest BCUT2D eigenvalue weighted by Crippen LogP contribution is 2.21. The maximum absolute atomic E-state index is 11.6. The van der Waals surface area contributed by atoms with Crippen LogP contribution in [0.5, 0.6) is 0 Å². The van der Waals surface area contributed by atoms with Gasteiger partial charge in [0, 0.05) is 13.6 Å². The van der Waals surface area contributed by atoms with Gasteiger partial charge in [-0.15, -0.1) is 6.58 Å². The smallest absolute Gasteiger partial charge is 0.322 e. The van der Waals surface area contributed by atoms with Gasteiger partial charge >= 0.3 is 5.69 Å². The number of aryl methyl sites for hydroxylation is 1. The molecule has 0 atom stereocenters. The van der Waals surface area contributed by atoms with Crippen LogP contribution in [0, 0.1) is 17.0 Å². The van der Waals surface area contributed by atoms with Crippen LogP contribution in [0.4, 0.5) is 5.69 Å². The van der Waals surface area contributed by atoms with Crippen molar-refractivity contribution >= 4 is 11.6 Å². The van der Waals surface area contributed by atoms with Gasteiger partial charge in [0.25, 0.3) is 5.91 Å². The maximum Gasteiger partial charge on any atom is 0.322 e. The lowest BCUT2D eigenvalue weighted by Gasteiger charge is -1.97. The first kappa shape index (κ1) is 11.9. The van der Waals surface area contributed by atoms with Gasteiger partial charge in [0.05, 0.1) is 4.92 Å². The largest absolute Gasteiger partial charge is 0.347 e. The van der Waals surface area contributed by atoms with Crippen molar-refractivity contribution in [1.82, 2.24) is 15.1 Å². The Bertz CT molecular complexity index is 450. The van der Waals surface area contributed by atoms with Crippen LogP contribution < -0.4 is 5.32 Å². The minimum Gasteiger partial charge on any atom is -0.347 e. The maximum atomic E-state index is 11.6. The number of rotatable bonds is 4. The van der Waals surface area contributed by atoms with Gasteiger partial charge < -0.3 is 5.32 Å². The van der Waals surface area contributed by atoms with E-state index in [4.69, 9.17) is 0 Å². The highest BCUT2D eigenvalue weighted by molar-refractivity contribution is 5.96. The summed E-state index contributed by atoms with van der Waals surface area (Å²) < 4.78 is 1.31. The van der Waals surface area contributed by atoms with E-state index >= 15 is 0 Å². The third-order valence-corrected chi connectivity index (χ3v) is 2.11. The second kappa shape index (κ2) is 4.56. The summed E-state index contributed by atoms with van der Waals surface area (Å²) in [7, 11) is 1.55. The summed E-state index contributed by atoms with van der Waals surface area (Å²) in [6.07, 6.45) is 1.49. The quantitative estimate of drug-likeness (QED) is 0.459. The Balaban J connectivity index is 3.13. The lowest BCUT2D eigenvalue weighted by atomic mass is 10.3. The molecule has 0 saturated carbocycles. The van der Waals surface area contributed by atoms with Crippen LogP contribution in [0.15, 0.2) is 12.7 Å². The van der Waals surface area contributed by atoms with Crippen molar-refractivity contribution in [3.05, 3.63) is 34.2 Å². The van der Waals surface area contributed by atoms with Crippen molar-refractivity contribution < 1.29 is 9.72 Å². The fraction of sp³-hybridized carbons (Fsp3) is 0.333. The zero-order valence-corrected chi connectivity index (χ0v) is 9.06. The molecule has 1 N–H and O–H groups in total. The van der Waals surface area contributed by atoms with Gasteiger partial charge in [0.15, 0.2) is 0 Å². The Kier molecular flexibility index (Phi) is 3.39. The third kappa shape index (κ3) is 2.08. The van der Waals surface area contributed by atoms with Gasteiger partial charge in [-0.1, -0.05) is 6.08 Å². The molecule has 0 radical (unpaired) electrons. The van der Waals surface area contributed by atoms with Gasteiger partial charge in [0.2, 0.25) is 5.69 Å². The van der Waals surface area contributed by atoms with E-state index in [1.165, 1.54) is 17.7 Å². The number of amides is 1. The first-order chi connectivity index (χ1) is 7.49. The number of nitrogens with one attached hydrogen (secondary N) is 1. The summed E-state index contributed by atoms with van der Waals surface area (Å²) >= 11 is 0. The van der Waals surface area contributed by atoms with Crippen LogP contribution in [-0.4, -0.2) is 27.2 Å². The molecule has 1 aromatic heterocycles. The minimum atomic E-state index is -0.606. The number of carbonyl (C=O) groups is 1. The van der Waals surface area contributed by atoms with Crippen LogP contribution >= 0.6 is 0 Å². The van der Waals surface area contributed by atoms with Gasteiger partial charge in [-0.05, 0) is 6.92 Å². The lowest BCUT2D eigenvalue weighted by Crippen LogP contribution is -2.24. The number of hydrogen-bond donors (Lipinski definition) is 1. The van der Waals surface area contributed by atoms with Crippen LogP contribution in [0.25, 0.3) is 0 Å². The van der Waals surface area contributed by atoms with Gasteiger partial charge in [-0.3, -0.25) is 19.6 Å². The van der Waals surface area contributed by atoms with E-state index < -0.39 is 10.8 Å².